The van der Waals surface area contributed by atoms with E-state index in [1.165, 1.54) is 5.56 Å². The molecule has 2 aromatic carbocycles. The number of carbonyl (C=O) groups is 1. The Morgan fingerprint density at radius 3 is 2.54 bits per heavy atom. The second kappa shape index (κ2) is 8.34. The third kappa shape index (κ3) is 4.30. The van der Waals surface area contributed by atoms with Crippen LogP contribution in [-0.2, 0) is 6.54 Å². The van der Waals surface area contributed by atoms with E-state index in [0.29, 0.717) is 18.7 Å². The van der Waals surface area contributed by atoms with Crippen LogP contribution < -0.4 is 10.1 Å². The Morgan fingerprint density at radius 2 is 1.85 bits per heavy atom. The molecule has 0 spiro atoms. The van der Waals surface area contributed by atoms with E-state index in [-0.39, 0.29) is 5.91 Å². The van der Waals surface area contributed by atoms with Crippen molar-refractivity contribution in [3.8, 4) is 17.0 Å². The van der Waals surface area contributed by atoms with Gasteiger partial charge in [-0.05, 0) is 31.0 Å². The number of H-pyrrole nitrogens is 1. The Kier molecular flexibility index (Phi) is 5.69. The number of benzene rings is 2. The van der Waals surface area contributed by atoms with Crippen molar-refractivity contribution in [1.29, 1.82) is 0 Å². The van der Waals surface area contributed by atoms with Crippen molar-refractivity contribution in [3.63, 3.8) is 0 Å². The van der Waals surface area contributed by atoms with Crippen molar-refractivity contribution in [2.24, 2.45) is 0 Å². The van der Waals surface area contributed by atoms with Crippen LogP contribution >= 0.6 is 0 Å². The molecule has 1 aromatic heterocycles. The van der Waals surface area contributed by atoms with Crippen molar-refractivity contribution in [2.75, 3.05) is 6.61 Å². The monoisotopic (exact) mass is 349 g/mol. The molecule has 0 aliphatic rings. The predicted octanol–water partition coefficient (Wildman–Crippen LogP) is 4.10. The molecule has 3 rings (SSSR count). The molecule has 0 aliphatic carbocycles. The van der Waals surface area contributed by atoms with Gasteiger partial charge in [0.05, 0.1) is 24.1 Å². The lowest BCUT2D eigenvalue weighted by Gasteiger charge is -2.08. The van der Waals surface area contributed by atoms with Crippen molar-refractivity contribution >= 4 is 5.91 Å². The standard InChI is InChI=1S/C21H23N3O2/c1-3-12-26-18-10-6-16(7-11-18)13-22-21(25)19-14-23-24-20(19)17-8-4-15(2)5-9-17/h4-11,14H,3,12-13H2,1-2H3,(H,22,25)(H,23,24). The molecule has 5 nitrogen and oxygen atoms in total. The van der Waals surface area contributed by atoms with E-state index >= 15 is 0 Å². The molecule has 5 heteroatoms. The minimum Gasteiger partial charge on any atom is -0.494 e. The van der Waals surface area contributed by atoms with Gasteiger partial charge in [-0.3, -0.25) is 9.89 Å². The fourth-order valence-corrected chi connectivity index (χ4v) is 2.60. The molecular weight excluding hydrogens is 326 g/mol. The van der Waals surface area contributed by atoms with E-state index in [2.05, 4.69) is 22.4 Å². The van der Waals surface area contributed by atoms with Gasteiger partial charge in [-0.25, -0.2) is 0 Å². The fraction of sp³-hybridized carbons (Fsp3) is 0.238. The lowest BCUT2D eigenvalue weighted by atomic mass is 10.1. The minimum atomic E-state index is -0.152. The van der Waals surface area contributed by atoms with Crippen LogP contribution in [0, 0.1) is 6.92 Å². The normalized spacial score (nSPS) is 10.5. The molecule has 0 atom stereocenters. The zero-order valence-corrected chi connectivity index (χ0v) is 15.1. The van der Waals surface area contributed by atoms with Gasteiger partial charge in [0.25, 0.3) is 5.91 Å². The van der Waals surface area contributed by atoms with Crippen LogP contribution in [0.15, 0.2) is 54.7 Å². The van der Waals surface area contributed by atoms with Crippen LogP contribution in [-0.4, -0.2) is 22.7 Å². The number of aryl methyl sites for hydroxylation is 1. The molecular formula is C21H23N3O2. The first-order chi connectivity index (χ1) is 12.7. The molecule has 3 aromatic rings. The Balaban J connectivity index is 1.64. The number of carbonyl (C=O) groups excluding carboxylic acids is 1. The zero-order chi connectivity index (χ0) is 18.4. The molecule has 1 amide bonds. The molecule has 1 heterocycles. The van der Waals surface area contributed by atoms with Gasteiger partial charge in [0, 0.05) is 12.1 Å². The summed E-state index contributed by atoms with van der Waals surface area (Å²) < 4.78 is 5.57. The predicted molar refractivity (Wildman–Crippen MR) is 102 cm³/mol. The first-order valence-corrected chi connectivity index (χ1v) is 8.77. The topological polar surface area (TPSA) is 67.0 Å². The Bertz CT molecular complexity index is 852. The number of ether oxygens (including phenoxy) is 1. The summed E-state index contributed by atoms with van der Waals surface area (Å²) in [4.78, 5) is 12.6. The lowest BCUT2D eigenvalue weighted by Crippen LogP contribution is -2.22. The summed E-state index contributed by atoms with van der Waals surface area (Å²) in [5.41, 5.74) is 4.39. The number of nitrogens with zero attached hydrogens (tertiary/aromatic N) is 1. The second-order valence-electron chi connectivity index (χ2n) is 6.20. The van der Waals surface area contributed by atoms with E-state index in [9.17, 15) is 4.79 Å². The van der Waals surface area contributed by atoms with Gasteiger partial charge in [-0.2, -0.15) is 5.10 Å². The maximum absolute atomic E-state index is 12.6. The molecule has 0 saturated heterocycles. The fourth-order valence-electron chi connectivity index (χ4n) is 2.60. The summed E-state index contributed by atoms with van der Waals surface area (Å²) in [5.74, 6) is 0.694. The maximum atomic E-state index is 12.6. The third-order valence-corrected chi connectivity index (χ3v) is 4.07. The molecule has 0 bridgehead atoms. The maximum Gasteiger partial charge on any atom is 0.255 e. The van der Waals surface area contributed by atoms with Crippen LogP contribution in [0.5, 0.6) is 5.75 Å². The summed E-state index contributed by atoms with van der Waals surface area (Å²) in [5, 5.41) is 9.90. The van der Waals surface area contributed by atoms with Gasteiger partial charge in [0.1, 0.15) is 5.75 Å². The average Bonchev–Trinajstić information content (AvgIpc) is 3.16. The number of hydrogen-bond donors (Lipinski definition) is 2. The Labute approximate surface area is 153 Å². The van der Waals surface area contributed by atoms with E-state index in [1.807, 2.05) is 55.5 Å². The largest absolute Gasteiger partial charge is 0.494 e. The van der Waals surface area contributed by atoms with E-state index in [4.69, 9.17) is 4.74 Å². The molecule has 0 radical (unpaired) electrons. The van der Waals surface area contributed by atoms with Crippen molar-refractivity contribution < 1.29 is 9.53 Å². The van der Waals surface area contributed by atoms with Gasteiger partial charge in [-0.1, -0.05) is 48.9 Å². The van der Waals surface area contributed by atoms with Gasteiger partial charge in [-0.15, -0.1) is 0 Å². The first-order valence-electron chi connectivity index (χ1n) is 8.77. The molecule has 0 unspecified atom stereocenters. The van der Waals surface area contributed by atoms with Crippen LogP contribution in [0.25, 0.3) is 11.3 Å². The van der Waals surface area contributed by atoms with Gasteiger partial charge in [0.2, 0.25) is 0 Å². The highest BCUT2D eigenvalue weighted by Crippen LogP contribution is 2.21. The zero-order valence-electron chi connectivity index (χ0n) is 15.1. The first kappa shape index (κ1) is 17.7. The molecule has 0 aliphatic heterocycles. The summed E-state index contributed by atoms with van der Waals surface area (Å²) in [7, 11) is 0. The molecule has 134 valence electrons. The number of amides is 1. The van der Waals surface area contributed by atoms with Crippen molar-refractivity contribution in [2.45, 2.75) is 26.8 Å². The summed E-state index contributed by atoms with van der Waals surface area (Å²) in [6.45, 7) is 5.26. The van der Waals surface area contributed by atoms with Crippen molar-refractivity contribution in [3.05, 3.63) is 71.4 Å². The highest BCUT2D eigenvalue weighted by Gasteiger charge is 2.15. The molecule has 0 saturated carbocycles. The molecule has 0 fully saturated rings. The van der Waals surface area contributed by atoms with Gasteiger partial charge >= 0.3 is 0 Å². The highest BCUT2D eigenvalue weighted by atomic mass is 16.5. The van der Waals surface area contributed by atoms with Crippen LogP contribution in [0.2, 0.25) is 0 Å². The summed E-state index contributed by atoms with van der Waals surface area (Å²) in [6, 6.07) is 15.8. The highest BCUT2D eigenvalue weighted by molar-refractivity contribution is 5.99. The van der Waals surface area contributed by atoms with Gasteiger partial charge in [0.15, 0.2) is 0 Å². The van der Waals surface area contributed by atoms with E-state index in [0.717, 1.165) is 29.0 Å². The second-order valence-corrected chi connectivity index (χ2v) is 6.20. The number of hydrogen-bond acceptors (Lipinski definition) is 3. The van der Waals surface area contributed by atoms with Crippen LogP contribution in [0.4, 0.5) is 0 Å². The quantitative estimate of drug-likeness (QED) is 0.675. The SMILES string of the molecule is CCCOc1ccc(CNC(=O)c2cn[nH]c2-c2ccc(C)cc2)cc1. The summed E-state index contributed by atoms with van der Waals surface area (Å²) in [6.07, 6.45) is 2.54. The Hall–Kier alpha value is -3.08. The van der Waals surface area contributed by atoms with Crippen molar-refractivity contribution in [1.82, 2.24) is 15.5 Å². The smallest absolute Gasteiger partial charge is 0.255 e. The van der Waals surface area contributed by atoms with E-state index in [1.54, 1.807) is 6.20 Å². The number of aromatic nitrogens is 2. The van der Waals surface area contributed by atoms with Gasteiger partial charge < -0.3 is 10.1 Å². The Morgan fingerprint density at radius 1 is 1.12 bits per heavy atom. The average molecular weight is 349 g/mol. The lowest BCUT2D eigenvalue weighted by molar-refractivity contribution is 0.0951. The molecule has 2 N–H and O–H groups in total. The number of rotatable bonds is 7. The number of nitrogens with one attached hydrogen (secondary N) is 2. The molecule has 26 heavy (non-hydrogen) atoms. The number of aromatic amines is 1. The van der Waals surface area contributed by atoms with E-state index < -0.39 is 0 Å². The third-order valence-electron chi connectivity index (χ3n) is 4.07. The van der Waals surface area contributed by atoms with Crippen LogP contribution in [0.1, 0.15) is 34.8 Å². The van der Waals surface area contributed by atoms with Crippen LogP contribution in [0.3, 0.4) is 0 Å². The minimum absolute atomic E-state index is 0.152. The summed E-state index contributed by atoms with van der Waals surface area (Å²) >= 11 is 0.